The molecule has 2 aromatic heterocycles. The first kappa shape index (κ1) is 17.9. The molecule has 2 fully saturated rings. The molecule has 2 aliphatic rings. The number of piperidine rings is 1. The summed E-state index contributed by atoms with van der Waals surface area (Å²) in [5.74, 6) is 2.74. The number of hydrogen-bond acceptors (Lipinski definition) is 8. The van der Waals surface area contributed by atoms with Crippen molar-refractivity contribution in [2.24, 2.45) is 0 Å². The van der Waals surface area contributed by atoms with E-state index in [4.69, 9.17) is 9.72 Å². The summed E-state index contributed by atoms with van der Waals surface area (Å²) in [6.07, 6.45) is 7.62. The van der Waals surface area contributed by atoms with E-state index in [1.54, 1.807) is 12.4 Å². The van der Waals surface area contributed by atoms with Gasteiger partial charge in [0.1, 0.15) is 11.6 Å². The van der Waals surface area contributed by atoms with Gasteiger partial charge < -0.3 is 19.4 Å². The number of morpholine rings is 1. The second-order valence-electron chi connectivity index (χ2n) is 7.13. The van der Waals surface area contributed by atoms with E-state index in [9.17, 15) is 0 Å². The molecule has 2 aromatic rings. The molecule has 8 heteroatoms. The maximum Gasteiger partial charge on any atom is 0.227 e. The summed E-state index contributed by atoms with van der Waals surface area (Å²) in [5, 5.41) is 0. The predicted octanol–water partition coefficient (Wildman–Crippen LogP) is 1.52. The molecule has 2 saturated heterocycles. The van der Waals surface area contributed by atoms with E-state index in [2.05, 4.69) is 36.7 Å². The predicted molar refractivity (Wildman–Crippen MR) is 105 cm³/mol. The molecule has 2 aliphatic heterocycles. The first-order valence-corrected chi connectivity index (χ1v) is 9.63. The SMILES string of the molecule is Cc1nccnc1N1CCCC(N(C)c2nccc(N3CCOCC3)n2)C1. The van der Waals surface area contributed by atoms with Crippen molar-refractivity contribution in [3.05, 3.63) is 30.4 Å². The van der Waals surface area contributed by atoms with Crippen molar-refractivity contribution in [3.8, 4) is 0 Å². The molecule has 4 rings (SSSR count). The van der Waals surface area contributed by atoms with Crippen LogP contribution in [0, 0.1) is 6.92 Å². The number of likely N-dealkylation sites (N-methyl/N-ethyl adjacent to an activating group) is 1. The average molecular weight is 369 g/mol. The lowest BCUT2D eigenvalue weighted by atomic mass is 10.0. The van der Waals surface area contributed by atoms with E-state index in [0.717, 1.165) is 75.5 Å². The molecule has 1 unspecified atom stereocenters. The smallest absolute Gasteiger partial charge is 0.227 e. The number of rotatable bonds is 4. The molecular formula is C19H27N7O. The van der Waals surface area contributed by atoms with Crippen LogP contribution in [0.3, 0.4) is 0 Å². The summed E-state index contributed by atoms with van der Waals surface area (Å²) in [6, 6.07) is 2.33. The highest BCUT2D eigenvalue weighted by Gasteiger charge is 2.27. The van der Waals surface area contributed by atoms with Gasteiger partial charge in [0.25, 0.3) is 0 Å². The van der Waals surface area contributed by atoms with Crippen LogP contribution >= 0.6 is 0 Å². The van der Waals surface area contributed by atoms with Gasteiger partial charge in [-0.3, -0.25) is 4.98 Å². The molecule has 0 radical (unpaired) electrons. The van der Waals surface area contributed by atoms with Crippen molar-refractivity contribution in [3.63, 3.8) is 0 Å². The molecule has 0 aliphatic carbocycles. The fourth-order valence-electron chi connectivity index (χ4n) is 3.81. The zero-order chi connectivity index (χ0) is 18.6. The highest BCUT2D eigenvalue weighted by atomic mass is 16.5. The van der Waals surface area contributed by atoms with Crippen molar-refractivity contribution >= 4 is 17.6 Å². The molecule has 4 heterocycles. The van der Waals surface area contributed by atoms with Gasteiger partial charge in [0.15, 0.2) is 0 Å². The molecule has 0 amide bonds. The third-order valence-corrected chi connectivity index (χ3v) is 5.38. The molecule has 144 valence electrons. The van der Waals surface area contributed by atoms with Crippen molar-refractivity contribution < 1.29 is 4.74 Å². The number of nitrogens with zero attached hydrogens (tertiary/aromatic N) is 7. The zero-order valence-corrected chi connectivity index (χ0v) is 16.1. The standard InChI is InChI=1S/C19H27N7O/c1-15-18(21-8-7-20-15)26-9-3-4-16(14-26)24(2)19-22-6-5-17(23-19)25-10-12-27-13-11-25/h5-8,16H,3-4,9-14H2,1-2H3. The Morgan fingerprint density at radius 2 is 1.85 bits per heavy atom. The van der Waals surface area contributed by atoms with E-state index < -0.39 is 0 Å². The highest BCUT2D eigenvalue weighted by Crippen LogP contribution is 2.24. The Hall–Kier alpha value is -2.48. The minimum atomic E-state index is 0.347. The van der Waals surface area contributed by atoms with Crippen molar-refractivity contribution in [1.82, 2.24) is 19.9 Å². The molecule has 0 aromatic carbocycles. The van der Waals surface area contributed by atoms with Crippen LogP contribution < -0.4 is 14.7 Å². The Bertz CT molecular complexity index is 765. The molecule has 0 saturated carbocycles. The van der Waals surface area contributed by atoms with Gasteiger partial charge in [-0.2, -0.15) is 4.98 Å². The first-order chi connectivity index (χ1) is 13.2. The molecule has 0 N–H and O–H groups in total. The maximum absolute atomic E-state index is 5.45. The summed E-state index contributed by atoms with van der Waals surface area (Å²) in [6.45, 7) is 7.20. The van der Waals surface area contributed by atoms with Gasteiger partial charge in [-0.05, 0) is 25.8 Å². The summed E-state index contributed by atoms with van der Waals surface area (Å²) in [5.41, 5.74) is 0.978. The van der Waals surface area contributed by atoms with Crippen LogP contribution in [-0.4, -0.2) is 72.4 Å². The summed E-state index contributed by atoms with van der Waals surface area (Å²) in [7, 11) is 2.09. The van der Waals surface area contributed by atoms with E-state index in [1.807, 2.05) is 19.2 Å². The molecular weight excluding hydrogens is 342 g/mol. The summed E-state index contributed by atoms with van der Waals surface area (Å²) >= 11 is 0. The van der Waals surface area contributed by atoms with Gasteiger partial charge in [0.05, 0.1) is 18.9 Å². The molecule has 0 bridgehead atoms. The minimum Gasteiger partial charge on any atom is -0.378 e. The van der Waals surface area contributed by atoms with Crippen LogP contribution in [0.15, 0.2) is 24.7 Å². The van der Waals surface area contributed by atoms with Gasteiger partial charge in [-0.1, -0.05) is 0 Å². The van der Waals surface area contributed by atoms with E-state index in [0.29, 0.717) is 6.04 Å². The van der Waals surface area contributed by atoms with Crippen molar-refractivity contribution in [1.29, 1.82) is 0 Å². The topological polar surface area (TPSA) is 70.5 Å². The highest BCUT2D eigenvalue weighted by molar-refractivity contribution is 5.46. The number of aromatic nitrogens is 4. The summed E-state index contributed by atoms with van der Waals surface area (Å²) in [4.78, 5) is 25.1. The Balaban J connectivity index is 1.49. The number of hydrogen-bond donors (Lipinski definition) is 0. The molecule has 0 spiro atoms. The fourth-order valence-corrected chi connectivity index (χ4v) is 3.81. The Morgan fingerprint density at radius 1 is 1.04 bits per heavy atom. The van der Waals surface area contributed by atoms with Crippen LogP contribution in [0.25, 0.3) is 0 Å². The van der Waals surface area contributed by atoms with Gasteiger partial charge in [-0.15, -0.1) is 0 Å². The molecule has 8 nitrogen and oxygen atoms in total. The lowest BCUT2D eigenvalue weighted by molar-refractivity contribution is 0.122. The van der Waals surface area contributed by atoms with Gasteiger partial charge in [0.2, 0.25) is 5.95 Å². The second kappa shape index (κ2) is 8.04. The zero-order valence-electron chi connectivity index (χ0n) is 16.1. The monoisotopic (exact) mass is 369 g/mol. The van der Waals surface area contributed by atoms with Gasteiger partial charge >= 0.3 is 0 Å². The quantitative estimate of drug-likeness (QED) is 0.803. The Labute approximate surface area is 160 Å². The third-order valence-electron chi connectivity index (χ3n) is 5.38. The lowest BCUT2D eigenvalue weighted by Crippen LogP contribution is -2.48. The van der Waals surface area contributed by atoms with Gasteiger partial charge in [0, 0.05) is 57.9 Å². The summed E-state index contributed by atoms with van der Waals surface area (Å²) < 4.78 is 5.45. The van der Waals surface area contributed by atoms with E-state index in [-0.39, 0.29) is 0 Å². The van der Waals surface area contributed by atoms with Crippen LogP contribution in [-0.2, 0) is 4.74 Å². The van der Waals surface area contributed by atoms with E-state index >= 15 is 0 Å². The van der Waals surface area contributed by atoms with Crippen LogP contribution in [0.5, 0.6) is 0 Å². The molecule has 27 heavy (non-hydrogen) atoms. The maximum atomic E-state index is 5.45. The number of ether oxygens (including phenoxy) is 1. The van der Waals surface area contributed by atoms with Crippen molar-refractivity contribution in [2.45, 2.75) is 25.8 Å². The van der Waals surface area contributed by atoms with Crippen LogP contribution in [0.4, 0.5) is 17.6 Å². The van der Waals surface area contributed by atoms with Crippen LogP contribution in [0.1, 0.15) is 18.5 Å². The van der Waals surface area contributed by atoms with Crippen LogP contribution in [0.2, 0.25) is 0 Å². The average Bonchev–Trinajstić information content (AvgIpc) is 2.74. The van der Waals surface area contributed by atoms with Gasteiger partial charge in [-0.25, -0.2) is 9.97 Å². The lowest BCUT2D eigenvalue weighted by Gasteiger charge is -2.38. The largest absolute Gasteiger partial charge is 0.378 e. The number of anilines is 3. The second-order valence-corrected chi connectivity index (χ2v) is 7.13. The molecule has 1 atom stereocenters. The third kappa shape index (κ3) is 3.95. The van der Waals surface area contributed by atoms with E-state index in [1.165, 1.54) is 0 Å². The first-order valence-electron chi connectivity index (χ1n) is 9.63. The Morgan fingerprint density at radius 3 is 2.67 bits per heavy atom. The normalized spacial score (nSPS) is 20.6. The Kier molecular flexibility index (Phi) is 5.33. The van der Waals surface area contributed by atoms with Crippen molar-refractivity contribution in [2.75, 3.05) is 61.1 Å². The number of aryl methyl sites for hydroxylation is 1. The fraction of sp³-hybridized carbons (Fsp3) is 0.579. The minimum absolute atomic E-state index is 0.347.